The SMILES string of the molecule is Cc1c(-c2cncc[n+]2C)ccc2ccccc12.Cc1c(-c2cncc[n+]2C)ccc2cnccc12.Cc1c(-c2cncc[n+]2C)ccc2ncccc12.Cc1c(-c2cncc[n+]2C)cnc2ccccc12.Cc1c(-c2cncc[n+]2C)ncc2ccccc12. The van der Waals surface area contributed by atoms with E-state index in [1.165, 1.54) is 87.6 Å². The van der Waals surface area contributed by atoms with Gasteiger partial charge < -0.3 is 0 Å². The molecule has 0 saturated heterocycles. The summed E-state index contributed by atoms with van der Waals surface area (Å²) in [6.07, 6.45) is 37.6. The molecule has 0 atom stereocenters. The maximum absolute atomic E-state index is 4.58. The van der Waals surface area contributed by atoms with Gasteiger partial charge in [0.1, 0.15) is 47.1 Å². The second-order valence-corrected chi connectivity index (χ2v) is 22.1. The number of para-hydroxylation sites is 1. The van der Waals surface area contributed by atoms with Gasteiger partial charge in [0.25, 0.3) is 0 Å². The van der Waals surface area contributed by atoms with E-state index in [1.54, 1.807) is 31.0 Å². The molecule has 15 rings (SSSR count). The number of hydrogen-bond acceptors (Lipinski definition) is 9. The topological polar surface area (TPSA) is 135 Å². The van der Waals surface area contributed by atoms with Crippen molar-refractivity contribution in [1.82, 2.24) is 44.9 Å². The van der Waals surface area contributed by atoms with Gasteiger partial charge in [-0.1, -0.05) is 84.9 Å². The largest absolute Gasteiger partial charge is 0.264 e. The molecule has 14 nitrogen and oxygen atoms in total. The summed E-state index contributed by atoms with van der Waals surface area (Å²) in [6.45, 7) is 10.7. The average Bonchev–Trinajstić information content (AvgIpc) is 1.24. The molecule has 9 aromatic heterocycles. The van der Waals surface area contributed by atoms with Gasteiger partial charge in [0.05, 0.1) is 89.1 Å². The van der Waals surface area contributed by atoms with Crippen LogP contribution in [0.5, 0.6) is 0 Å². The lowest BCUT2D eigenvalue weighted by Gasteiger charge is -2.07. The van der Waals surface area contributed by atoms with E-state index in [2.05, 4.69) is 195 Å². The molecule has 440 valence electrons. The summed E-state index contributed by atoms with van der Waals surface area (Å²) < 4.78 is 10.4. The van der Waals surface area contributed by atoms with Crippen LogP contribution in [-0.4, -0.2) is 44.9 Å². The lowest BCUT2D eigenvalue weighted by atomic mass is 9.98. The summed E-state index contributed by atoms with van der Waals surface area (Å²) in [4.78, 5) is 38.6. The van der Waals surface area contributed by atoms with Crippen molar-refractivity contribution in [1.29, 1.82) is 0 Å². The van der Waals surface area contributed by atoms with Crippen molar-refractivity contribution in [3.05, 3.63) is 279 Å². The quantitative estimate of drug-likeness (QED) is 0.154. The summed E-state index contributed by atoms with van der Waals surface area (Å²) in [5.74, 6) is 0. The van der Waals surface area contributed by atoms with Crippen molar-refractivity contribution >= 4 is 54.1 Å². The van der Waals surface area contributed by atoms with Gasteiger partial charge in [-0.25, -0.2) is 4.98 Å². The number of aryl methyl sites for hydroxylation is 10. The fourth-order valence-corrected chi connectivity index (χ4v) is 11.4. The fourth-order valence-electron chi connectivity index (χ4n) is 11.4. The highest BCUT2D eigenvalue weighted by atomic mass is 15.0. The number of rotatable bonds is 5. The Morgan fingerprint density at radius 1 is 0.244 bits per heavy atom. The number of nitrogens with zero attached hydrogens (tertiary/aromatic N) is 14. The Labute approximate surface area is 524 Å². The van der Waals surface area contributed by atoms with Crippen molar-refractivity contribution in [2.24, 2.45) is 35.2 Å². The predicted molar refractivity (Wildman–Crippen MR) is 357 cm³/mol. The summed E-state index contributed by atoms with van der Waals surface area (Å²) in [5.41, 5.74) is 19.5. The Morgan fingerprint density at radius 3 is 1.17 bits per heavy atom. The third-order valence-electron chi connectivity index (χ3n) is 16.6. The normalized spacial score (nSPS) is 10.8. The lowest BCUT2D eigenvalue weighted by Crippen LogP contribution is -2.31. The molecule has 0 saturated carbocycles. The second kappa shape index (κ2) is 27.5. The highest BCUT2D eigenvalue weighted by Gasteiger charge is 2.19. The summed E-state index contributed by atoms with van der Waals surface area (Å²) in [6, 6.07) is 43.9. The van der Waals surface area contributed by atoms with E-state index in [0.717, 1.165) is 50.8 Å². The molecule has 9 heterocycles. The highest BCUT2D eigenvalue weighted by molar-refractivity contribution is 5.93. The van der Waals surface area contributed by atoms with Crippen molar-refractivity contribution in [2.75, 3.05) is 0 Å². The average molecular weight is 1180 g/mol. The van der Waals surface area contributed by atoms with Crippen LogP contribution in [0.2, 0.25) is 0 Å². The van der Waals surface area contributed by atoms with Gasteiger partial charge in [-0.15, -0.1) is 0 Å². The zero-order valence-corrected chi connectivity index (χ0v) is 52.4. The molecule has 15 aromatic rings. The minimum absolute atomic E-state index is 0.990. The van der Waals surface area contributed by atoms with Crippen molar-refractivity contribution < 1.29 is 22.8 Å². The van der Waals surface area contributed by atoms with Crippen LogP contribution in [0.4, 0.5) is 0 Å². The summed E-state index contributed by atoms with van der Waals surface area (Å²) >= 11 is 0. The van der Waals surface area contributed by atoms with Gasteiger partial charge in [0.15, 0.2) is 31.0 Å². The molecule has 0 fully saturated rings. The first kappa shape index (κ1) is 60.3. The standard InChI is InChI=1S/C16H15N2.4C15H14N3/c1-12-14-6-4-3-5-13(14)7-8-15(12)16-11-17-9-10-18(16)2;1-11-13-5-6-16-9-12(13)3-4-14(11)15-10-17-7-8-18(15)2;1-11-12-4-3-7-17-14(12)6-5-13(11)15-10-16-8-9-18(15)2;1-11-12-5-3-4-6-14(12)17-9-13(11)15-10-16-7-8-18(15)2;1-11-13-6-4-3-5-12(13)9-17-15(11)14-10-16-7-8-18(14)2/h3-11H,1-2H3;4*3-10H,1-2H3/q5*+1. The first-order valence-electron chi connectivity index (χ1n) is 29.7. The minimum atomic E-state index is 0.990. The number of fused-ring (bicyclic) bond motifs is 5. The van der Waals surface area contributed by atoms with Crippen LogP contribution in [0.3, 0.4) is 0 Å². The molecule has 0 aliphatic heterocycles. The second-order valence-electron chi connectivity index (χ2n) is 22.1. The summed E-state index contributed by atoms with van der Waals surface area (Å²) in [7, 11) is 10.1. The van der Waals surface area contributed by atoms with Crippen LogP contribution >= 0.6 is 0 Å². The molecule has 0 unspecified atom stereocenters. The Hall–Kier alpha value is -11.4. The number of hydrogen-bond donors (Lipinski definition) is 0. The van der Waals surface area contributed by atoms with Crippen LogP contribution in [0.15, 0.2) is 251 Å². The van der Waals surface area contributed by atoms with E-state index in [4.69, 9.17) is 0 Å². The molecule has 0 aliphatic carbocycles. The Bertz CT molecular complexity index is 4330. The van der Waals surface area contributed by atoms with Gasteiger partial charge in [-0.05, 0) is 126 Å². The Balaban J connectivity index is 0.000000116. The van der Waals surface area contributed by atoms with Crippen LogP contribution in [0.25, 0.3) is 111 Å². The van der Waals surface area contributed by atoms with Gasteiger partial charge >= 0.3 is 0 Å². The maximum Gasteiger partial charge on any atom is 0.249 e. The van der Waals surface area contributed by atoms with E-state index in [-0.39, 0.29) is 0 Å². The first-order valence-corrected chi connectivity index (χ1v) is 29.7. The monoisotopic (exact) mass is 1180 g/mol. The smallest absolute Gasteiger partial charge is 0.249 e. The fraction of sp³-hybridized carbons (Fsp3) is 0.132. The molecule has 90 heavy (non-hydrogen) atoms. The van der Waals surface area contributed by atoms with E-state index < -0.39 is 0 Å². The van der Waals surface area contributed by atoms with E-state index in [1.807, 2.05) is 163 Å². The molecule has 0 N–H and O–H groups in total. The third-order valence-corrected chi connectivity index (χ3v) is 16.6. The number of pyridine rings is 4. The van der Waals surface area contributed by atoms with E-state index in [9.17, 15) is 0 Å². The van der Waals surface area contributed by atoms with E-state index in [0.29, 0.717) is 0 Å². The van der Waals surface area contributed by atoms with Gasteiger partial charge in [0, 0.05) is 52.5 Å². The Morgan fingerprint density at radius 2 is 0.622 bits per heavy atom. The molecule has 0 spiro atoms. The third kappa shape index (κ3) is 13.0. The predicted octanol–water partition coefficient (Wildman–Crippen LogP) is 12.8. The number of benzene rings is 6. The molecule has 6 aromatic carbocycles. The molecule has 0 amide bonds. The van der Waals surface area contributed by atoms with Crippen LogP contribution in [0, 0.1) is 34.6 Å². The molecule has 0 radical (unpaired) electrons. The molecular formula is C76H71N14+5. The minimum Gasteiger partial charge on any atom is -0.264 e. The van der Waals surface area contributed by atoms with Crippen LogP contribution in [-0.2, 0) is 35.2 Å². The van der Waals surface area contributed by atoms with Gasteiger partial charge in [-0.2, -0.15) is 22.8 Å². The molecule has 0 aliphatic rings. The zero-order chi connectivity index (χ0) is 62.7. The lowest BCUT2D eigenvalue weighted by molar-refractivity contribution is -0.661. The molecule has 14 heteroatoms. The van der Waals surface area contributed by atoms with Gasteiger partial charge in [0.2, 0.25) is 28.5 Å². The van der Waals surface area contributed by atoms with Crippen LogP contribution < -0.4 is 22.8 Å². The van der Waals surface area contributed by atoms with Crippen LogP contribution in [0.1, 0.15) is 27.8 Å². The van der Waals surface area contributed by atoms with Crippen molar-refractivity contribution in [3.8, 4) is 56.4 Å². The van der Waals surface area contributed by atoms with E-state index >= 15 is 0 Å². The maximum atomic E-state index is 4.58. The van der Waals surface area contributed by atoms with Gasteiger partial charge in [-0.3, -0.25) is 39.9 Å². The molecular weight excluding hydrogens is 1110 g/mol. The molecule has 0 bridgehead atoms. The zero-order valence-electron chi connectivity index (χ0n) is 52.4. The summed E-state index contributed by atoms with van der Waals surface area (Å²) in [5, 5.41) is 9.80. The number of aromatic nitrogens is 14. The van der Waals surface area contributed by atoms with Crippen molar-refractivity contribution in [2.45, 2.75) is 34.6 Å². The Kier molecular flexibility index (Phi) is 18.5. The highest BCUT2D eigenvalue weighted by Crippen LogP contribution is 2.31. The van der Waals surface area contributed by atoms with Crippen molar-refractivity contribution in [3.63, 3.8) is 0 Å². The first-order chi connectivity index (χ1) is 43.9.